The number of rotatable bonds is 7. The van der Waals surface area contributed by atoms with Gasteiger partial charge in [-0.1, -0.05) is 24.3 Å². The Labute approximate surface area is 319 Å². The summed E-state index contributed by atoms with van der Waals surface area (Å²) in [5.41, 5.74) is 1.56. The first-order valence-corrected chi connectivity index (χ1v) is 19.6. The maximum absolute atomic E-state index is 17.3. The maximum Gasteiger partial charge on any atom is 0.451 e. The van der Waals surface area contributed by atoms with Crippen molar-refractivity contribution in [2.45, 2.75) is 101 Å². The van der Waals surface area contributed by atoms with Crippen LogP contribution in [0.1, 0.15) is 68.4 Å². The van der Waals surface area contributed by atoms with E-state index in [4.69, 9.17) is 24.4 Å². The van der Waals surface area contributed by atoms with E-state index in [1.54, 1.807) is 19.1 Å². The highest BCUT2D eigenvalue weighted by Gasteiger charge is 2.50. The van der Waals surface area contributed by atoms with Crippen molar-refractivity contribution in [3.63, 3.8) is 0 Å². The van der Waals surface area contributed by atoms with Crippen LogP contribution in [-0.2, 0) is 12.6 Å². The number of halogens is 5. The molecule has 1 N–H and O–H groups in total. The summed E-state index contributed by atoms with van der Waals surface area (Å²) in [5, 5.41) is 5.79. The molecule has 0 unspecified atom stereocenters. The summed E-state index contributed by atoms with van der Waals surface area (Å²) in [6.07, 6.45) is 4.23. The first kappa shape index (κ1) is 35.6. The van der Waals surface area contributed by atoms with Crippen LogP contribution in [0.4, 0.5) is 27.8 Å². The second-order valence-electron chi connectivity index (χ2n) is 16.0. The number of aryl methyl sites for hydroxylation is 2. The number of alkyl halides is 3. The van der Waals surface area contributed by atoms with Gasteiger partial charge in [0, 0.05) is 48.5 Å². The molecule has 4 fully saturated rings. The van der Waals surface area contributed by atoms with E-state index in [-0.39, 0.29) is 59.8 Å². The van der Waals surface area contributed by atoms with E-state index in [0.717, 1.165) is 81.7 Å². The number of benzene rings is 2. The van der Waals surface area contributed by atoms with Gasteiger partial charge in [-0.25, -0.2) is 18.7 Å². The van der Waals surface area contributed by atoms with Crippen LogP contribution in [0.15, 0.2) is 42.6 Å². The third-order valence-electron chi connectivity index (χ3n) is 12.9. The first-order chi connectivity index (χ1) is 27.1. The Kier molecular flexibility index (Phi) is 8.55. The summed E-state index contributed by atoms with van der Waals surface area (Å²) < 4.78 is 84.3. The number of ether oxygens (including phenoxy) is 2. The molecule has 0 saturated carbocycles. The Balaban J connectivity index is 1.01. The highest BCUT2D eigenvalue weighted by atomic mass is 19.4. The molecule has 5 atom stereocenters. The zero-order chi connectivity index (χ0) is 38.3. The normalized spacial score (nSPS) is 26.0. The number of aromatic nitrogens is 5. The molecular formula is C41H41F5N8O2. The lowest BCUT2D eigenvalue weighted by Crippen LogP contribution is -2.58. The second-order valence-corrected chi connectivity index (χ2v) is 16.0. The minimum atomic E-state index is -4.67. The van der Waals surface area contributed by atoms with Crippen LogP contribution in [0.25, 0.3) is 32.9 Å². The van der Waals surface area contributed by atoms with Crippen molar-refractivity contribution in [2.24, 2.45) is 0 Å². The summed E-state index contributed by atoms with van der Waals surface area (Å²) in [6, 6.07) is 10.8. The van der Waals surface area contributed by atoms with Gasteiger partial charge in [-0.3, -0.25) is 4.90 Å². The number of piperazine rings is 1. The molecule has 3 aromatic heterocycles. The zero-order valence-corrected chi connectivity index (χ0v) is 30.9. The summed E-state index contributed by atoms with van der Waals surface area (Å²) in [6.45, 7) is 3.64. The summed E-state index contributed by atoms with van der Waals surface area (Å²) in [5.74, 6) is -1.68. The molecule has 4 saturated heterocycles. The molecule has 0 spiro atoms. The minimum Gasteiger partial charge on any atom is -0.476 e. The number of hydrogen-bond acceptors (Lipinski definition) is 10. The average molecular weight is 773 g/mol. The van der Waals surface area contributed by atoms with Crippen molar-refractivity contribution >= 4 is 27.5 Å². The second kappa shape index (κ2) is 13.4. The zero-order valence-electron chi connectivity index (χ0n) is 30.9. The van der Waals surface area contributed by atoms with Crippen LogP contribution in [-0.4, -0.2) is 85.8 Å². The van der Waals surface area contributed by atoms with Crippen molar-refractivity contribution in [3.8, 4) is 23.1 Å². The molecule has 8 heterocycles. The van der Waals surface area contributed by atoms with Crippen molar-refractivity contribution in [2.75, 3.05) is 31.2 Å². The molecule has 5 aromatic rings. The van der Waals surface area contributed by atoms with E-state index < -0.39 is 17.8 Å². The Morgan fingerprint density at radius 2 is 1.82 bits per heavy atom. The maximum atomic E-state index is 17.3. The highest BCUT2D eigenvalue weighted by molar-refractivity contribution is 6.01. The molecule has 0 radical (unpaired) electrons. The highest BCUT2D eigenvalue weighted by Crippen LogP contribution is 2.45. The molecule has 2 aromatic carbocycles. The molecule has 0 aliphatic carbocycles. The lowest BCUT2D eigenvalue weighted by atomic mass is 9.93. The van der Waals surface area contributed by atoms with Gasteiger partial charge in [-0.2, -0.15) is 28.1 Å². The van der Waals surface area contributed by atoms with Crippen LogP contribution >= 0.6 is 0 Å². The Morgan fingerprint density at radius 1 is 0.929 bits per heavy atom. The summed E-state index contributed by atoms with van der Waals surface area (Å²) in [4.78, 5) is 26.5. The predicted octanol–water partition coefficient (Wildman–Crippen LogP) is 7.34. The van der Waals surface area contributed by atoms with Gasteiger partial charge in [0.05, 0.1) is 16.6 Å². The monoisotopic (exact) mass is 772 g/mol. The van der Waals surface area contributed by atoms with Gasteiger partial charge < -0.3 is 19.7 Å². The lowest BCUT2D eigenvalue weighted by Gasteiger charge is -2.43. The van der Waals surface area contributed by atoms with E-state index in [2.05, 4.69) is 25.1 Å². The fraction of sp³-hybridized carbons (Fsp3) is 0.488. The lowest BCUT2D eigenvalue weighted by molar-refractivity contribution is -0.145. The topological polar surface area (TPSA) is 101 Å². The van der Waals surface area contributed by atoms with Gasteiger partial charge in [0.15, 0.2) is 5.82 Å². The van der Waals surface area contributed by atoms with E-state index in [9.17, 15) is 17.6 Å². The smallest absolute Gasteiger partial charge is 0.451 e. The quantitative estimate of drug-likeness (QED) is 0.169. The van der Waals surface area contributed by atoms with Crippen LogP contribution in [0, 0.1) is 18.6 Å². The molecule has 2 bridgehead atoms. The van der Waals surface area contributed by atoms with Crippen LogP contribution < -0.4 is 19.7 Å². The fourth-order valence-electron chi connectivity index (χ4n) is 10.3. The number of anilines is 1. The minimum absolute atomic E-state index is 0.0592. The molecule has 10 nitrogen and oxygen atoms in total. The molecule has 5 aliphatic heterocycles. The van der Waals surface area contributed by atoms with Gasteiger partial charge in [0.2, 0.25) is 11.7 Å². The molecule has 0 amide bonds. The van der Waals surface area contributed by atoms with Gasteiger partial charge in [0.1, 0.15) is 36.1 Å². The van der Waals surface area contributed by atoms with E-state index >= 15 is 4.39 Å². The average Bonchev–Trinajstić information content (AvgIpc) is 3.89. The van der Waals surface area contributed by atoms with Crippen molar-refractivity contribution in [1.82, 2.24) is 35.1 Å². The standard InChI is InChI=1S/C41H41F5N8O2/c1-22-27(42)11-9-23-5-2-6-26(32(22)23)35-34(43)36-33-29(49-35)7-3-8-30-28-12-10-24(48-28)19-53(30)37(33)52-39(51-36)56-21-40-15-4-18-54(40)25(13-16-40)20-55-31-14-17-47-38(50-31)41(44,45)46/h2,5-6,9,11,14,17,24-25,28,30,48H,3-4,7-8,10,12-13,15-16,18-21H2,1H3/t24-,25+,28+,30-,40+/m1/s1. The number of nitrogens with zero attached hydrogens (tertiary/aromatic N) is 7. The third-order valence-corrected chi connectivity index (χ3v) is 12.9. The molecule has 56 heavy (non-hydrogen) atoms. The van der Waals surface area contributed by atoms with Gasteiger partial charge in [-0.15, -0.1) is 0 Å². The van der Waals surface area contributed by atoms with Crippen LogP contribution in [0.2, 0.25) is 0 Å². The summed E-state index contributed by atoms with van der Waals surface area (Å²) in [7, 11) is 0. The third kappa shape index (κ3) is 5.91. The fourth-order valence-corrected chi connectivity index (χ4v) is 10.3. The van der Waals surface area contributed by atoms with E-state index in [0.29, 0.717) is 46.2 Å². The van der Waals surface area contributed by atoms with Crippen molar-refractivity contribution in [1.29, 1.82) is 0 Å². The molecule has 15 heteroatoms. The number of pyridine rings is 1. The van der Waals surface area contributed by atoms with Crippen LogP contribution in [0.5, 0.6) is 11.9 Å². The molecule has 10 rings (SSSR count). The van der Waals surface area contributed by atoms with E-state index in [1.807, 2.05) is 12.1 Å². The van der Waals surface area contributed by atoms with E-state index in [1.165, 1.54) is 12.1 Å². The van der Waals surface area contributed by atoms with Crippen molar-refractivity contribution in [3.05, 3.63) is 71.3 Å². The SMILES string of the molecule is Cc1c(F)ccc2cccc(-c3nc4c5c(nc(OC[C@@]67CCCN6[C@H](COc6ccnc(C(F)(F)F)n6)CC7)nc5c3F)N3C[C@H]5CC[C@H](N5)[C@H]3CCC4)c12. The van der Waals surface area contributed by atoms with Gasteiger partial charge in [0.25, 0.3) is 0 Å². The number of fused-ring (bicyclic) bond motifs is 7. The van der Waals surface area contributed by atoms with Crippen LogP contribution in [0.3, 0.4) is 0 Å². The number of nitrogens with one attached hydrogen (secondary N) is 1. The molecule has 292 valence electrons. The Bertz CT molecular complexity index is 2360. The first-order valence-electron chi connectivity index (χ1n) is 19.6. The summed E-state index contributed by atoms with van der Waals surface area (Å²) >= 11 is 0. The van der Waals surface area contributed by atoms with Gasteiger partial charge >= 0.3 is 12.2 Å². The van der Waals surface area contributed by atoms with Crippen molar-refractivity contribution < 1.29 is 31.4 Å². The Hall–Kier alpha value is -4.76. The molecular weight excluding hydrogens is 731 g/mol. The largest absolute Gasteiger partial charge is 0.476 e. The van der Waals surface area contributed by atoms with Gasteiger partial charge in [-0.05, 0) is 93.7 Å². The molecule has 5 aliphatic rings. The Morgan fingerprint density at radius 3 is 2.70 bits per heavy atom. The predicted molar refractivity (Wildman–Crippen MR) is 199 cm³/mol. The number of hydrogen-bond donors (Lipinski definition) is 1.